The van der Waals surface area contributed by atoms with Gasteiger partial charge in [-0.3, -0.25) is 9.71 Å². The third-order valence-electron chi connectivity index (χ3n) is 2.44. The average molecular weight is 278 g/mol. The van der Waals surface area contributed by atoms with Gasteiger partial charge < -0.3 is 5.73 Å². The quantitative estimate of drug-likeness (QED) is 0.851. The Labute approximate surface area is 111 Å². The second-order valence-electron chi connectivity index (χ2n) is 3.93. The number of nitrogens with zero attached hydrogens (tertiary/aromatic N) is 2. The van der Waals surface area contributed by atoms with Crippen molar-refractivity contribution < 1.29 is 8.42 Å². The molecular formula is C12H14N4O2S. The highest BCUT2D eigenvalue weighted by atomic mass is 32.2. The standard InChI is InChI=1S/C12H14N4O2S/c13-11-5-3-8-15-12(11)16-19(17,18)9-6-10-4-1-2-7-14-10/h1-5,7-8H,6,9,13H2,(H,15,16). The Morgan fingerprint density at radius 1 is 1.11 bits per heavy atom. The summed E-state index contributed by atoms with van der Waals surface area (Å²) < 4.78 is 26.1. The van der Waals surface area contributed by atoms with E-state index in [1.807, 2.05) is 6.07 Å². The van der Waals surface area contributed by atoms with Crippen molar-refractivity contribution in [2.75, 3.05) is 16.2 Å². The van der Waals surface area contributed by atoms with Gasteiger partial charge in [-0.2, -0.15) is 0 Å². The fourth-order valence-electron chi connectivity index (χ4n) is 1.49. The molecule has 0 aliphatic carbocycles. The van der Waals surface area contributed by atoms with E-state index >= 15 is 0 Å². The molecule has 2 aromatic rings. The molecule has 2 heterocycles. The lowest BCUT2D eigenvalue weighted by molar-refractivity contribution is 0.600. The van der Waals surface area contributed by atoms with Crippen LogP contribution in [0.3, 0.4) is 0 Å². The van der Waals surface area contributed by atoms with Gasteiger partial charge in [-0.1, -0.05) is 6.07 Å². The van der Waals surface area contributed by atoms with Gasteiger partial charge in [0.1, 0.15) is 0 Å². The lowest BCUT2D eigenvalue weighted by atomic mass is 10.3. The zero-order valence-corrected chi connectivity index (χ0v) is 11.0. The van der Waals surface area contributed by atoms with Gasteiger partial charge in [-0.05, 0) is 24.3 Å². The first-order valence-electron chi connectivity index (χ1n) is 5.68. The monoisotopic (exact) mass is 278 g/mol. The molecule has 6 nitrogen and oxygen atoms in total. The number of pyridine rings is 2. The Bertz CT molecular complexity index is 644. The number of anilines is 2. The van der Waals surface area contributed by atoms with Gasteiger partial charge in [0, 0.05) is 24.5 Å². The molecule has 2 rings (SSSR count). The summed E-state index contributed by atoms with van der Waals surface area (Å²) in [4.78, 5) is 7.96. The minimum Gasteiger partial charge on any atom is -0.396 e. The maximum Gasteiger partial charge on any atom is 0.234 e. The van der Waals surface area contributed by atoms with Crippen molar-refractivity contribution in [3.8, 4) is 0 Å². The fraction of sp³-hybridized carbons (Fsp3) is 0.167. The van der Waals surface area contributed by atoms with Crippen LogP contribution in [-0.4, -0.2) is 24.1 Å². The van der Waals surface area contributed by atoms with Crippen molar-refractivity contribution in [1.82, 2.24) is 9.97 Å². The molecule has 0 aliphatic rings. The van der Waals surface area contributed by atoms with E-state index in [9.17, 15) is 8.42 Å². The van der Waals surface area contributed by atoms with E-state index in [4.69, 9.17) is 5.73 Å². The highest BCUT2D eigenvalue weighted by Crippen LogP contribution is 2.15. The zero-order valence-electron chi connectivity index (χ0n) is 10.2. The number of hydrogen-bond acceptors (Lipinski definition) is 5. The van der Waals surface area contributed by atoms with Gasteiger partial charge in [0.15, 0.2) is 5.82 Å². The predicted octanol–water partition coefficient (Wildman–Crippen LogP) is 1.04. The van der Waals surface area contributed by atoms with Crippen LogP contribution in [0.1, 0.15) is 5.69 Å². The van der Waals surface area contributed by atoms with Gasteiger partial charge in [0.2, 0.25) is 10.0 Å². The Morgan fingerprint density at radius 3 is 2.58 bits per heavy atom. The van der Waals surface area contributed by atoms with Gasteiger partial charge >= 0.3 is 0 Å². The van der Waals surface area contributed by atoms with E-state index in [1.165, 1.54) is 6.20 Å². The highest BCUT2D eigenvalue weighted by Gasteiger charge is 2.13. The lowest BCUT2D eigenvalue weighted by Gasteiger charge is -2.08. The van der Waals surface area contributed by atoms with E-state index in [-0.39, 0.29) is 11.6 Å². The van der Waals surface area contributed by atoms with Gasteiger partial charge in [0.25, 0.3) is 0 Å². The van der Waals surface area contributed by atoms with Crippen molar-refractivity contribution in [2.45, 2.75) is 6.42 Å². The smallest absolute Gasteiger partial charge is 0.234 e. The van der Waals surface area contributed by atoms with Crippen LogP contribution in [0.25, 0.3) is 0 Å². The molecule has 0 spiro atoms. The molecule has 0 bridgehead atoms. The van der Waals surface area contributed by atoms with Gasteiger partial charge in [0.05, 0.1) is 11.4 Å². The number of aromatic nitrogens is 2. The molecule has 0 saturated heterocycles. The number of sulfonamides is 1. The Balaban J connectivity index is 2.02. The largest absolute Gasteiger partial charge is 0.396 e. The Hall–Kier alpha value is -2.15. The predicted molar refractivity (Wildman–Crippen MR) is 74.0 cm³/mol. The van der Waals surface area contributed by atoms with Gasteiger partial charge in [-0.15, -0.1) is 0 Å². The summed E-state index contributed by atoms with van der Waals surface area (Å²) in [6.45, 7) is 0. The van der Waals surface area contributed by atoms with Crippen molar-refractivity contribution in [2.24, 2.45) is 0 Å². The topological polar surface area (TPSA) is 98.0 Å². The van der Waals surface area contributed by atoms with Crippen molar-refractivity contribution >= 4 is 21.5 Å². The Kier molecular flexibility index (Phi) is 3.96. The Morgan fingerprint density at radius 2 is 1.89 bits per heavy atom. The maximum atomic E-state index is 11.9. The average Bonchev–Trinajstić information content (AvgIpc) is 2.40. The summed E-state index contributed by atoms with van der Waals surface area (Å²) in [5.41, 5.74) is 6.65. The van der Waals surface area contributed by atoms with Crippen LogP contribution < -0.4 is 10.5 Å². The number of nitrogen functional groups attached to an aromatic ring is 1. The van der Waals surface area contributed by atoms with E-state index in [0.717, 1.165) is 5.69 Å². The zero-order chi connectivity index (χ0) is 13.7. The molecule has 0 atom stereocenters. The van der Waals surface area contributed by atoms with Crippen LogP contribution in [0, 0.1) is 0 Å². The number of rotatable bonds is 5. The molecule has 2 aromatic heterocycles. The lowest BCUT2D eigenvalue weighted by Crippen LogP contribution is -2.20. The molecule has 7 heteroatoms. The normalized spacial score (nSPS) is 11.2. The SMILES string of the molecule is Nc1cccnc1NS(=O)(=O)CCc1ccccn1. The van der Waals surface area contributed by atoms with Crippen LogP contribution in [0.4, 0.5) is 11.5 Å². The molecule has 100 valence electrons. The second kappa shape index (κ2) is 5.66. The number of hydrogen-bond donors (Lipinski definition) is 2. The third-order valence-corrected chi connectivity index (χ3v) is 3.69. The van der Waals surface area contributed by atoms with Crippen LogP contribution in [0.15, 0.2) is 42.7 Å². The fourth-order valence-corrected chi connectivity index (χ4v) is 2.53. The van der Waals surface area contributed by atoms with Gasteiger partial charge in [-0.25, -0.2) is 13.4 Å². The van der Waals surface area contributed by atoms with Crippen LogP contribution >= 0.6 is 0 Å². The molecule has 0 unspecified atom stereocenters. The van der Waals surface area contributed by atoms with Crippen LogP contribution in [0.2, 0.25) is 0 Å². The van der Waals surface area contributed by atoms with Crippen molar-refractivity contribution in [3.05, 3.63) is 48.4 Å². The summed E-state index contributed by atoms with van der Waals surface area (Å²) >= 11 is 0. The van der Waals surface area contributed by atoms with Crippen molar-refractivity contribution in [3.63, 3.8) is 0 Å². The first-order chi connectivity index (χ1) is 9.07. The number of nitrogens with one attached hydrogen (secondary N) is 1. The summed E-state index contributed by atoms with van der Waals surface area (Å²) in [6.07, 6.45) is 3.45. The molecule has 0 saturated carbocycles. The highest BCUT2D eigenvalue weighted by molar-refractivity contribution is 7.92. The molecule has 0 aromatic carbocycles. The van der Waals surface area contributed by atoms with Crippen LogP contribution in [-0.2, 0) is 16.4 Å². The van der Waals surface area contributed by atoms with E-state index in [0.29, 0.717) is 12.1 Å². The summed E-state index contributed by atoms with van der Waals surface area (Å²) in [6, 6.07) is 8.61. The first kappa shape index (κ1) is 13.3. The molecular weight excluding hydrogens is 264 g/mol. The third kappa shape index (κ3) is 3.92. The minimum atomic E-state index is -3.49. The number of aryl methyl sites for hydroxylation is 1. The molecule has 0 amide bonds. The molecule has 19 heavy (non-hydrogen) atoms. The first-order valence-corrected chi connectivity index (χ1v) is 7.33. The van der Waals surface area contributed by atoms with E-state index in [2.05, 4.69) is 14.7 Å². The van der Waals surface area contributed by atoms with E-state index in [1.54, 1.807) is 30.5 Å². The molecule has 0 radical (unpaired) electrons. The van der Waals surface area contributed by atoms with Crippen LogP contribution in [0.5, 0.6) is 0 Å². The number of nitrogens with two attached hydrogens (primary N) is 1. The summed E-state index contributed by atoms with van der Waals surface area (Å²) in [5, 5.41) is 0. The maximum absolute atomic E-state index is 11.9. The van der Waals surface area contributed by atoms with Crippen molar-refractivity contribution in [1.29, 1.82) is 0 Å². The molecule has 3 N–H and O–H groups in total. The summed E-state index contributed by atoms with van der Waals surface area (Å²) in [5.74, 6) is 0.0866. The molecule has 0 fully saturated rings. The minimum absolute atomic E-state index is 0.0694. The summed E-state index contributed by atoms with van der Waals surface area (Å²) in [7, 11) is -3.49. The second-order valence-corrected chi connectivity index (χ2v) is 5.78. The van der Waals surface area contributed by atoms with E-state index < -0.39 is 10.0 Å². The molecule has 0 aliphatic heterocycles.